The Bertz CT molecular complexity index is 697. The van der Waals surface area contributed by atoms with Gasteiger partial charge in [-0.15, -0.1) is 0 Å². The van der Waals surface area contributed by atoms with E-state index in [0.717, 1.165) is 6.92 Å². The van der Waals surface area contributed by atoms with Crippen molar-refractivity contribution in [1.29, 1.82) is 0 Å². The fourth-order valence-electron chi connectivity index (χ4n) is 2.72. The van der Waals surface area contributed by atoms with Crippen molar-refractivity contribution in [3.05, 3.63) is 39.6 Å². The molecule has 24 heavy (non-hydrogen) atoms. The van der Waals surface area contributed by atoms with Crippen molar-refractivity contribution in [3.63, 3.8) is 0 Å². The quantitative estimate of drug-likeness (QED) is 0.807. The average molecular weight is 344 g/mol. The van der Waals surface area contributed by atoms with Crippen molar-refractivity contribution < 1.29 is 18.0 Å². The van der Waals surface area contributed by atoms with Crippen LogP contribution in [0.3, 0.4) is 0 Å². The fourth-order valence-corrected chi connectivity index (χ4v) is 2.72. The van der Waals surface area contributed by atoms with Crippen molar-refractivity contribution in [1.82, 2.24) is 20.2 Å². The Labute approximate surface area is 136 Å². The zero-order valence-electron chi connectivity index (χ0n) is 13.4. The maximum atomic E-state index is 13.2. The van der Waals surface area contributed by atoms with Gasteiger partial charge in [0, 0.05) is 32.6 Å². The summed E-state index contributed by atoms with van der Waals surface area (Å²) in [5.41, 5.74) is 0.308. The van der Waals surface area contributed by atoms with Gasteiger partial charge in [-0.25, -0.2) is 4.98 Å². The first-order valence-corrected chi connectivity index (χ1v) is 7.47. The average Bonchev–Trinajstić information content (AvgIpc) is 2.42. The Morgan fingerprint density at radius 3 is 2.79 bits per heavy atom. The molecule has 1 aromatic heterocycles. The molecule has 0 radical (unpaired) electrons. The van der Waals surface area contributed by atoms with E-state index in [0.29, 0.717) is 24.5 Å². The molecule has 1 amide bonds. The number of amides is 1. The summed E-state index contributed by atoms with van der Waals surface area (Å²) in [5, 5.41) is 1.96. The minimum Gasteiger partial charge on any atom is -0.341 e. The minimum absolute atomic E-state index is 0.0536. The van der Waals surface area contributed by atoms with Crippen molar-refractivity contribution in [2.45, 2.75) is 39.0 Å². The predicted molar refractivity (Wildman–Crippen MR) is 81.2 cm³/mol. The summed E-state index contributed by atoms with van der Waals surface area (Å²) in [6, 6.07) is -0.660. The third-order valence-corrected chi connectivity index (χ3v) is 3.60. The van der Waals surface area contributed by atoms with Crippen LogP contribution in [0.4, 0.5) is 13.2 Å². The lowest BCUT2D eigenvalue weighted by Crippen LogP contribution is -2.49. The number of alkyl halides is 3. The number of aryl methyl sites for hydroxylation is 1. The molecule has 6 nitrogen and oxygen atoms in total. The summed E-state index contributed by atoms with van der Waals surface area (Å²) >= 11 is 0. The molecule has 1 atom stereocenters. The minimum atomic E-state index is -4.56. The molecule has 0 saturated heterocycles. The molecule has 1 aromatic rings. The monoisotopic (exact) mass is 344 g/mol. The van der Waals surface area contributed by atoms with Gasteiger partial charge in [0.2, 0.25) is 5.91 Å². The van der Waals surface area contributed by atoms with Gasteiger partial charge >= 0.3 is 6.18 Å². The van der Waals surface area contributed by atoms with E-state index in [1.807, 2.05) is 5.32 Å². The van der Waals surface area contributed by atoms with Crippen LogP contribution in [0.5, 0.6) is 0 Å². The van der Waals surface area contributed by atoms with Crippen LogP contribution < -0.4 is 10.9 Å². The second-order valence-electron chi connectivity index (χ2n) is 5.78. The second kappa shape index (κ2) is 7.16. The maximum absolute atomic E-state index is 13.2. The maximum Gasteiger partial charge on any atom is 0.412 e. The molecule has 2 rings (SSSR count). The number of halogens is 3. The largest absolute Gasteiger partial charge is 0.412 e. The second-order valence-corrected chi connectivity index (χ2v) is 5.78. The van der Waals surface area contributed by atoms with Gasteiger partial charge in [-0.3, -0.25) is 14.5 Å². The van der Waals surface area contributed by atoms with Gasteiger partial charge in [0.25, 0.3) is 5.56 Å². The lowest BCUT2D eigenvalue weighted by atomic mass is 10.0. The van der Waals surface area contributed by atoms with Gasteiger partial charge in [-0.2, -0.15) is 13.2 Å². The van der Waals surface area contributed by atoms with Crippen molar-refractivity contribution in [3.8, 4) is 0 Å². The molecule has 1 unspecified atom stereocenters. The molecule has 0 bridgehead atoms. The fraction of sp³-hybridized carbons (Fsp3) is 0.533. The van der Waals surface area contributed by atoms with Crippen molar-refractivity contribution >= 4 is 5.91 Å². The Kier molecular flexibility index (Phi) is 5.43. The normalized spacial score (nSPS) is 17.3. The molecule has 2 N–H and O–H groups in total. The van der Waals surface area contributed by atoms with Crippen molar-refractivity contribution in [2.24, 2.45) is 0 Å². The predicted octanol–water partition coefficient (Wildman–Crippen LogP) is 1.28. The number of nitrogens with zero attached hydrogens (tertiary/aromatic N) is 2. The van der Waals surface area contributed by atoms with Gasteiger partial charge in [-0.1, -0.05) is 6.08 Å². The number of aromatic nitrogens is 2. The van der Waals surface area contributed by atoms with E-state index in [4.69, 9.17) is 0 Å². The molecule has 0 aromatic carbocycles. The van der Waals surface area contributed by atoms with E-state index in [1.54, 1.807) is 11.8 Å². The highest BCUT2D eigenvalue weighted by atomic mass is 19.4. The van der Waals surface area contributed by atoms with Crippen LogP contribution >= 0.6 is 0 Å². The number of hydrogen-bond acceptors (Lipinski definition) is 4. The molecule has 1 aliphatic rings. The Morgan fingerprint density at radius 2 is 2.21 bits per heavy atom. The van der Waals surface area contributed by atoms with E-state index in [2.05, 4.69) is 9.97 Å². The SMILES string of the molecule is CC(=O)NC(C1=CCCN(Cc2cc(=O)[nH]c(C)n2)C1)C(F)(F)F. The van der Waals surface area contributed by atoms with Crippen LogP contribution in [-0.2, 0) is 11.3 Å². The number of nitrogens with one attached hydrogen (secondary N) is 2. The molecular weight excluding hydrogens is 325 g/mol. The molecule has 0 fully saturated rings. The number of carbonyl (C=O) groups excluding carboxylic acids is 1. The lowest BCUT2D eigenvalue weighted by molar-refractivity contribution is -0.154. The summed E-state index contributed by atoms with van der Waals surface area (Å²) in [6.45, 7) is 3.58. The highest BCUT2D eigenvalue weighted by molar-refractivity contribution is 5.73. The molecule has 1 aliphatic heterocycles. The van der Waals surface area contributed by atoms with Crippen LogP contribution in [0.1, 0.15) is 24.9 Å². The molecule has 9 heteroatoms. The van der Waals surface area contributed by atoms with Crippen LogP contribution in [-0.4, -0.2) is 46.1 Å². The third-order valence-electron chi connectivity index (χ3n) is 3.60. The molecule has 0 spiro atoms. The summed E-state index contributed by atoms with van der Waals surface area (Å²) in [4.78, 5) is 31.0. The zero-order valence-corrected chi connectivity index (χ0v) is 13.4. The van der Waals surface area contributed by atoms with Crippen LogP contribution in [0.15, 0.2) is 22.5 Å². The van der Waals surface area contributed by atoms with E-state index in [-0.39, 0.29) is 24.2 Å². The zero-order chi connectivity index (χ0) is 17.9. The van der Waals surface area contributed by atoms with E-state index < -0.39 is 18.1 Å². The summed E-state index contributed by atoms with van der Waals surface area (Å²) in [6.07, 6.45) is -2.61. The number of H-pyrrole nitrogens is 1. The first kappa shape index (κ1) is 18.2. The number of carbonyl (C=O) groups is 1. The molecule has 132 valence electrons. The highest BCUT2D eigenvalue weighted by Gasteiger charge is 2.43. The summed E-state index contributed by atoms with van der Waals surface area (Å²) < 4.78 is 39.6. The lowest BCUT2D eigenvalue weighted by Gasteiger charge is -2.32. The third kappa shape index (κ3) is 4.92. The van der Waals surface area contributed by atoms with Crippen LogP contribution in [0.2, 0.25) is 0 Å². The summed E-state index contributed by atoms with van der Waals surface area (Å²) in [5.74, 6) is -0.279. The van der Waals surface area contributed by atoms with E-state index in [9.17, 15) is 22.8 Å². The summed E-state index contributed by atoms with van der Waals surface area (Å²) in [7, 11) is 0. The van der Waals surface area contributed by atoms with Gasteiger partial charge in [0.05, 0.1) is 5.69 Å². The molecule has 0 saturated carbocycles. The Balaban J connectivity index is 2.13. The highest BCUT2D eigenvalue weighted by Crippen LogP contribution is 2.28. The standard InChI is InChI=1S/C15H19F3N4O2/c1-9-19-12(6-13(24)20-9)8-22-5-3-4-11(7-22)14(15(16,17)18)21-10(2)23/h4,6,14H,3,5,7-8H2,1-2H3,(H,21,23)(H,19,20,24). The van der Waals surface area contributed by atoms with E-state index in [1.165, 1.54) is 12.1 Å². The van der Waals surface area contributed by atoms with Crippen LogP contribution in [0.25, 0.3) is 0 Å². The number of hydrogen-bond donors (Lipinski definition) is 2. The first-order valence-electron chi connectivity index (χ1n) is 7.47. The Hall–Kier alpha value is -2.16. The van der Waals surface area contributed by atoms with Gasteiger partial charge in [0.15, 0.2) is 0 Å². The van der Waals surface area contributed by atoms with Gasteiger partial charge < -0.3 is 10.3 Å². The van der Waals surface area contributed by atoms with Gasteiger partial charge in [-0.05, 0) is 18.9 Å². The van der Waals surface area contributed by atoms with Crippen LogP contribution in [0, 0.1) is 6.92 Å². The molecular formula is C15H19F3N4O2. The first-order chi connectivity index (χ1) is 11.1. The van der Waals surface area contributed by atoms with E-state index >= 15 is 0 Å². The molecule has 0 aliphatic carbocycles. The van der Waals surface area contributed by atoms with Gasteiger partial charge in [0.1, 0.15) is 11.9 Å². The smallest absolute Gasteiger partial charge is 0.341 e. The number of rotatable bonds is 4. The molecule has 2 heterocycles. The van der Waals surface area contributed by atoms with Crippen molar-refractivity contribution in [2.75, 3.05) is 13.1 Å². The Morgan fingerprint density at radius 1 is 1.50 bits per heavy atom. The number of aromatic amines is 1. The topological polar surface area (TPSA) is 78.1 Å².